The Morgan fingerprint density at radius 1 is 1.42 bits per heavy atom. The fourth-order valence-electron chi connectivity index (χ4n) is 2.36. The molecule has 0 radical (unpaired) electrons. The molecule has 1 fully saturated rings. The molecule has 3 atom stereocenters. The van der Waals surface area contributed by atoms with E-state index in [1.165, 1.54) is 25.7 Å². The molecule has 0 aromatic carbocycles. The third-order valence-electron chi connectivity index (χ3n) is 3.11. The summed E-state index contributed by atoms with van der Waals surface area (Å²) in [6.07, 6.45) is 7.30. The first kappa shape index (κ1) is 10.0. The molecule has 0 aromatic rings. The van der Waals surface area contributed by atoms with E-state index in [-0.39, 0.29) is 6.10 Å². The molecule has 1 N–H and O–H groups in total. The summed E-state index contributed by atoms with van der Waals surface area (Å²) in [7, 11) is 0. The van der Waals surface area contributed by atoms with E-state index in [0.29, 0.717) is 5.92 Å². The van der Waals surface area contributed by atoms with Crippen molar-refractivity contribution in [3.8, 4) is 0 Å². The fraction of sp³-hybridized carbons (Fsp3) is 1.00. The highest BCUT2D eigenvalue weighted by Crippen LogP contribution is 2.31. The fourth-order valence-corrected chi connectivity index (χ4v) is 2.36. The van der Waals surface area contributed by atoms with Crippen molar-refractivity contribution in [2.75, 3.05) is 0 Å². The van der Waals surface area contributed by atoms with Crippen LogP contribution < -0.4 is 0 Å². The van der Waals surface area contributed by atoms with Gasteiger partial charge in [-0.2, -0.15) is 0 Å². The van der Waals surface area contributed by atoms with E-state index in [1.807, 2.05) is 0 Å². The number of rotatable bonds is 3. The van der Waals surface area contributed by atoms with Crippen LogP contribution in [0, 0.1) is 11.8 Å². The molecule has 0 spiro atoms. The molecular formula is C11H22O. The van der Waals surface area contributed by atoms with Crippen molar-refractivity contribution >= 4 is 0 Å². The molecule has 0 heterocycles. The number of hydrogen-bond acceptors (Lipinski definition) is 1. The molecular weight excluding hydrogens is 148 g/mol. The van der Waals surface area contributed by atoms with E-state index in [4.69, 9.17) is 0 Å². The molecule has 72 valence electrons. The molecule has 12 heavy (non-hydrogen) atoms. The Balaban J connectivity index is 2.29. The number of aliphatic hydroxyl groups is 1. The minimum atomic E-state index is -0.0160. The molecule has 0 amide bonds. The molecule has 0 saturated heterocycles. The van der Waals surface area contributed by atoms with E-state index in [9.17, 15) is 5.11 Å². The molecule has 0 aliphatic heterocycles. The molecule has 1 saturated carbocycles. The molecule has 1 nitrogen and oxygen atoms in total. The maximum Gasteiger partial charge on any atom is 0.0568 e. The average molecular weight is 170 g/mol. The monoisotopic (exact) mass is 170 g/mol. The second-order valence-corrected chi connectivity index (χ2v) is 4.39. The van der Waals surface area contributed by atoms with Gasteiger partial charge in [-0.05, 0) is 31.1 Å². The Kier molecular flexibility index (Phi) is 4.07. The van der Waals surface area contributed by atoms with E-state index >= 15 is 0 Å². The zero-order valence-electron chi connectivity index (χ0n) is 8.42. The largest absolute Gasteiger partial charge is 0.393 e. The van der Waals surface area contributed by atoms with E-state index in [2.05, 4.69) is 13.8 Å². The van der Waals surface area contributed by atoms with Gasteiger partial charge in [0.1, 0.15) is 0 Å². The van der Waals surface area contributed by atoms with Crippen LogP contribution in [0.2, 0.25) is 0 Å². The van der Waals surface area contributed by atoms with Crippen LogP contribution >= 0.6 is 0 Å². The summed E-state index contributed by atoms with van der Waals surface area (Å²) in [5.74, 6) is 1.45. The van der Waals surface area contributed by atoms with Gasteiger partial charge in [-0.3, -0.25) is 0 Å². The van der Waals surface area contributed by atoms with Crippen molar-refractivity contribution in [1.29, 1.82) is 0 Å². The Labute approximate surface area is 76.2 Å². The molecule has 0 aromatic heterocycles. The summed E-state index contributed by atoms with van der Waals surface area (Å²) >= 11 is 0. The third kappa shape index (κ3) is 2.78. The molecule has 1 heteroatoms. The predicted molar refractivity (Wildman–Crippen MR) is 52.0 cm³/mol. The summed E-state index contributed by atoms with van der Waals surface area (Å²) in [6.45, 7) is 4.46. The van der Waals surface area contributed by atoms with Crippen LogP contribution in [0.3, 0.4) is 0 Å². The lowest BCUT2D eigenvalue weighted by atomic mass is 9.79. The van der Waals surface area contributed by atoms with Gasteiger partial charge in [0.25, 0.3) is 0 Å². The van der Waals surface area contributed by atoms with Crippen LogP contribution in [0.1, 0.15) is 52.4 Å². The lowest BCUT2D eigenvalue weighted by Crippen LogP contribution is -2.25. The summed E-state index contributed by atoms with van der Waals surface area (Å²) in [4.78, 5) is 0. The van der Waals surface area contributed by atoms with Crippen molar-refractivity contribution in [3.63, 3.8) is 0 Å². The highest BCUT2D eigenvalue weighted by Gasteiger charge is 2.24. The van der Waals surface area contributed by atoms with E-state index in [1.54, 1.807) is 0 Å². The Morgan fingerprint density at radius 2 is 2.17 bits per heavy atom. The zero-order valence-corrected chi connectivity index (χ0v) is 8.42. The minimum Gasteiger partial charge on any atom is -0.393 e. The van der Waals surface area contributed by atoms with Crippen molar-refractivity contribution in [2.45, 2.75) is 58.5 Å². The van der Waals surface area contributed by atoms with Gasteiger partial charge in [-0.15, -0.1) is 0 Å². The minimum absolute atomic E-state index is 0.0160. The van der Waals surface area contributed by atoms with Crippen LogP contribution in [-0.2, 0) is 0 Å². The van der Waals surface area contributed by atoms with Crippen molar-refractivity contribution in [3.05, 3.63) is 0 Å². The van der Waals surface area contributed by atoms with Crippen molar-refractivity contribution in [1.82, 2.24) is 0 Å². The first-order chi connectivity index (χ1) is 5.74. The number of aliphatic hydroxyl groups excluding tert-OH is 1. The normalized spacial score (nSPS) is 33.2. The van der Waals surface area contributed by atoms with Crippen molar-refractivity contribution < 1.29 is 5.11 Å². The highest BCUT2D eigenvalue weighted by molar-refractivity contribution is 4.75. The average Bonchev–Trinajstić information content (AvgIpc) is 2.05. The topological polar surface area (TPSA) is 20.2 Å². The SMILES string of the molecule is CCC[C@H](O)C1CCCC(C)C1. The quantitative estimate of drug-likeness (QED) is 0.690. The molecule has 1 rings (SSSR count). The van der Waals surface area contributed by atoms with E-state index < -0.39 is 0 Å². The standard InChI is InChI=1S/C11H22O/c1-3-5-11(12)10-7-4-6-9(2)8-10/h9-12H,3-8H2,1-2H3/t9?,10?,11-/m0/s1. The van der Waals surface area contributed by atoms with Gasteiger partial charge in [0.2, 0.25) is 0 Å². The lowest BCUT2D eigenvalue weighted by molar-refractivity contribution is 0.0643. The zero-order chi connectivity index (χ0) is 8.97. The van der Waals surface area contributed by atoms with Gasteiger partial charge in [0.15, 0.2) is 0 Å². The summed E-state index contributed by atoms with van der Waals surface area (Å²) in [5.41, 5.74) is 0. The van der Waals surface area contributed by atoms with Crippen LogP contribution in [-0.4, -0.2) is 11.2 Å². The van der Waals surface area contributed by atoms with Gasteiger partial charge < -0.3 is 5.11 Å². The van der Waals surface area contributed by atoms with Gasteiger partial charge in [0, 0.05) is 0 Å². The predicted octanol–water partition coefficient (Wildman–Crippen LogP) is 2.97. The first-order valence-corrected chi connectivity index (χ1v) is 5.42. The maximum atomic E-state index is 9.79. The lowest BCUT2D eigenvalue weighted by Gasteiger charge is -2.30. The Hall–Kier alpha value is -0.0400. The molecule has 1 aliphatic rings. The second kappa shape index (κ2) is 4.86. The van der Waals surface area contributed by atoms with Gasteiger partial charge in [-0.25, -0.2) is 0 Å². The van der Waals surface area contributed by atoms with Gasteiger partial charge in [-0.1, -0.05) is 33.1 Å². The third-order valence-corrected chi connectivity index (χ3v) is 3.11. The maximum absolute atomic E-state index is 9.79. The van der Waals surface area contributed by atoms with Gasteiger partial charge >= 0.3 is 0 Å². The second-order valence-electron chi connectivity index (χ2n) is 4.39. The smallest absolute Gasteiger partial charge is 0.0568 e. The molecule has 1 aliphatic carbocycles. The summed E-state index contributed by atoms with van der Waals surface area (Å²) in [6, 6.07) is 0. The van der Waals surface area contributed by atoms with Crippen LogP contribution in [0.5, 0.6) is 0 Å². The summed E-state index contributed by atoms with van der Waals surface area (Å²) in [5, 5.41) is 9.79. The van der Waals surface area contributed by atoms with E-state index in [0.717, 1.165) is 18.8 Å². The van der Waals surface area contributed by atoms with Gasteiger partial charge in [0.05, 0.1) is 6.10 Å². The van der Waals surface area contributed by atoms with Crippen LogP contribution in [0.15, 0.2) is 0 Å². The van der Waals surface area contributed by atoms with Crippen LogP contribution in [0.4, 0.5) is 0 Å². The summed E-state index contributed by atoms with van der Waals surface area (Å²) < 4.78 is 0. The highest BCUT2D eigenvalue weighted by atomic mass is 16.3. The first-order valence-electron chi connectivity index (χ1n) is 5.42. The molecule has 0 bridgehead atoms. The Morgan fingerprint density at radius 3 is 2.75 bits per heavy atom. The Bertz CT molecular complexity index is 122. The van der Waals surface area contributed by atoms with Crippen LogP contribution in [0.25, 0.3) is 0 Å². The number of hydrogen-bond donors (Lipinski definition) is 1. The van der Waals surface area contributed by atoms with Crippen molar-refractivity contribution in [2.24, 2.45) is 11.8 Å². The molecule has 2 unspecified atom stereocenters.